The van der Waals surface area contributed by atoms with Crippen molar-refractivity contribution in [3.8, 4) is 0 Å². The predicted molar refractivity (Wildman–Crippen MR) is 88.5 cm³/mol. The van der Waals surface area contributed by atoms with E-state index in [0.29, 0.717) is 11.7 Å². The fourth-order valence-corrected chi connectivity index (χ4v) is 3.12. The van der Waals surface area contributed by atoms with E-state index in [2.05, 4.69) is 32.5 Å². The molecule has 2 amide bonds. The Labute approximate surface area is 133 Å². The molecule has 7 heteroatoms. The highest BCUT2D eigenvalue weighted by molar-refractivity contribution is 7.15. The van der Waals surface area contributed by atoms with E-state index < -0.39 is 0 Å². The summed E-state index contributed by atoms with van der Waals surface area (Å²) in [5.41, 5.74) is 1.21. The molecule has 0 aliphatic carbocycles. The summed E-state index contributed by atoms with van der Waals surface area (Å²) in [7, 11) is 0. The lowest BCUT2D eigenvalue weighted by molar-refractivity contribution is 0.215. The van der Waals surface area contributed by atoms with Crippen molar-refractivity contribution in [1.29, 1.82) is 0 Å². The fourth-order valence-electron chi connectivity index (χ4n) is 2.54. The highest BCUT2D eigenvalue weighted by atomic mass is 32.1. The quantitative estimate of drug-likeness (QED) is 0.925. The number of aryl methyl sites for hydroxylation is 1. The Morgan fingerprint density at radius 2 is 1.95 bits per heavy atom. The topological polar surface area (TPSA) is 61.4 Å². The predicted octanol–water partition coefficient (Wildman–Crippen LogP) is 2.59. The van der Waals surface area contributed by atoms with Crippen molar-refractivity contribution in [3.63, 3.8) is 0 Å². The van der Waals surface area contributed by atoms with Crippen LogP contribution < -0.4 is 10.2 Å². The molecule has 0 radical (unpaired) electrons. The highest BCUT2D eigenvalue weighted by Gasteiger charge is 2.20. The standard InChI is InChI=1S/C15H19N5OS/c1-12-17-18-14(22-12)16-15(21)20-9-5-8-19(10-11-20)13-6-3-2-4-7-13/h2-4,6-7H,5,8-11H2,1H3,(H,16,18,21). The van der Waals surface area contributed by atoms with Gasteiger partial charge in [0.15, 0.2) is 0 Å². The zero-order chi connectivity index (χ0) is 15.4. The van der Waals surface area contributed by atoms with E-state index in [-0.39, 0.29) is 6.03 Å². The summed E-state index contributed by atoms with van der Waals surface area (Å²) < 4.78 is 0. The number of carbonyl (C=O) groups excluding carboxylic acids is 1. The molecule has 1 fully saturated rings. The number of benzene rings is 1. The number of urea groups is 1. The van der Waals surface area contributed by atoms with Crippen LogP contribution in [0.15, 0.2) is 30.3 Å². The summed E-state index contributed by atoms with van der Waals surface area (Å²) in [6.45, 7) is 5.14. The molecule has 1 N–H and O–H groups in total. The summed E-state index contributed by atoms with van der Waals surface area (Å²) in [4.78, 5) is 16.5. The summed E-state index contributed by atoms with van der Waals surface area (Å²) in [5.74, 6) is 0. The van der Waals surface area contributed by atoms with Crippen LogP contribution in [0.2, 0.25) is 0 Å². The van der Waals surface area contributed by atoms with Crippen molar-refractivity contribution in [3.05, 3.63) is 35.3 Å². The Balaban J connectivity index is 1.59. The van der Waals surface area contributed by atoms with E-state index in [1.54, 1.807) is 0 Å². The van der Waals surface area contributed by atoms with Gasteiger partial charge in [0.05, 0.1) is 0 Å². The molecule has 2 heterocycles. The van der Waals surface area contributed by atoms with E-state index in [0.717, 1.165) is 31.1 Å². The summed E-state index contributed by atoms with van der Waals surface area (Å²) in [5, 5.41) is 12.1. The molecule has 1 aromatic carbocycles. The van der Waals surface area contributed by atoms with Gasteiger partial charge in [-0.05, 0) is 25.5 Å². The van der Waals surface area contributed by atoms with E-state index in [1.165, 1.54) is 17.0 Å². The molecule has 0 bridgehead atoms. The van der Waals surface area contributed by atoms with Gasteiger partial charge in [-0.2, -0.15) is 0 Å². The molecule has 3 rings (SSSR count). The highest BCUT2D eigenvalue weighted by Crippen LogP contribution is 2.17. The average Bonchev–Trinajstić information content (AvgIpc) is 2.80. The maximum absolute atomic E-state index is 12.3. The van der Waals surface area contributed by atoms with Gasteiger partial charge in [0.1, 0.15) is 5.01 Å². The number of hydrogen-bond donors (Lipinski definition) is 1. The molecule has 0 unspecified atom stereocenters. The molecule has 1 saturated heterocycles. The van der Waals surface area contributed by atoms with Gasteiger partial charge in [0.2, 0.25) is 5.13 Å². The Bertz CT molecular complexity index is 630. The van der Waals surface area contributed by atoms with Gasteiger partial charge in [-0.1, -0.05) is 29.5 Å². The lowest BCUT2D eigenvalue weighted by Crippen LogP contribution is -2.38. The van der Waals surface area contributed by atoms with E-state index in [4.69, 9.17) is 0 Å². The van der Waals surface area contributed by atoms with Crippen LogP contribution in [0, 0.1) is 6.92 Å². The third-order valence-corrected chi connectivity index (χ3v) is 4.40. The van der Waals surface area contributed by atoms with Crippen LogP contribution in [-0.4, -0.2) is 47.3 Å². The van der Waals surface area contributed by atoms with Crippen LogP contribution >= 0.6 is 11.3 Å². The molecule has 0 spiro atoms. The van der Waals surface area contributed by atoms with Crippen LogP contribution in [0.4, 0.5) is 15.6 Å². The average molecular weight is 317 g/mol. The third kappa shape index (κ3) is 3.54. The molecule has 0 saturated carbocycles. The number of nitrogens with zero attached hydrogens (tertiary/aromatic N) is 4. The number of nitrogens with one attached hydrogen (secondary N) is 1. The monoisotopic (exact) mass is 317 g/mol. The Hall–Kier alpha value is -2.15. The molecule has 6 nitrogen and oxygen atoms in total. The van der Waals surface area contributed by atoms with Gasteiger partial charge < -0.3 is 9.80 Å². The van der Waals surface area contributed by atoms with Gasteiger partial charge in [-0.15, -0.1) is 10.2 Å². The van der Waals surface area contributed by atoms with Gasteiger partial charge in [0, 0.05) is 31.9 Å². The second-order valence-corrected chi connectivity index (χ2v) is 6.40. The second kappa shape index (κ2) is 6.74. The van der Waals surface area contributed by atoms with Crippen LogP contribution in [-0.2, 0) is 0 Å². The minimum Gasteiger partial charge on any atom is -0.370 e. The number of amides is 2. The van der Waals surface area contributed by atoms with Crippen molar-refractivity contribution in [2.24, 2.45) is 0 Å². The zero-order valence-electron chi connectivity index (χ0n) is 12.5. The number of anilines is 2. The summed E-state index contributed by atoms with van der Waals surface area (Å²) >= 11 is 1.39. The SMILES string of the molecule is Cc1nnc(NC(=O)N2CCCN(c3ccccc3)CC2)s1. The molecule has 1 aromatic heterocycles. The van der Waals surface area contributed by atoms with Crippen molar-refractivity contribution in [1.82, 2.24) is 15.1 Å². The van der Waals surface area contributed by atoms with Crippen molar-refractivity contribution in [2.75, 3.05) is 36.4 Å². The molecule has 22 heavy (non-hydrogen) atoms. The lowest BCUT2D eigenvalue weighted by atomic mass is 10.3. The Morgan fingerprint density at radius 3 is 2.68 bits per heavy atom. The first kappa shape index (κ1) is 14.8. The minimum atomic E-state index is -0.0916. The molecule has 2 aromatic rings. The first-order valence-corrected chi connectivity index (χ1v) is 8.20. The minimum absolute atomic E-state index is 0.0916. The molecular weight excluding hydrogens is 298 g/mol. The normalized spacial score (nSPS) is 15.5. The fraction of sp³-hybridized carbons (Fsp3) is 0.400. The second-order valence-electron chi connectivity index (χ2n) is 5.22. The van der Waals surface area contributed by atoms with Crippen LogP contribution in [0.1, 0.15) is 11.4 Å². The largest absolute Gasteiger partial charge is 0.370 e. The smallest absolute Gasteiger partial charge is 0.323 e. The Kier molecular flexibility index (Phi) is 4.53. The number of rotatable bonds is 2. The first-order chi connectivity index (χ1) is 10.7. The lowest BCUT2D eigenvalue weighted by Gasteiger charge is -2.23. The summed E-state index contributed by atoms with van der Waals surface area (Å²) in [6, 6.07) is 10.2. The van der Waals surface area contributed by atoms with Crippen molar-refractivity contribution in [2.45, 2.75) is 13.3 Å². The molecule has 0 atom stereocenters. The van der Waals surface area contributed by atoms with Crippen LogP contribution in [0.25, 0.3) is 0 Å². The first-order valence-electron chi connectivity index (χ1n) is 7.38. The number of para-hydroxylation sites is 1. The van der Waals surface area contributed by atoms with Gasteiger partial charge in [-0.3, -0.25) is 5.32 Å². The van der Waals surface area contributed by atoms with Crippen LogP contribution in [0.3, 0.4) is 0 Å². The van der Waals surface area contributed by atoms with Crippen molar-refractivity contribution < 1.29 is 4.79 Å². The number of aromatic nitrogens is 2. The zero-order valence-corrected chi connectivity index (χ0v) is 13.3. The molecule has 1 aliphatic rings. The molecular formula is C15H19N5OS. The summed E-state index contributed by atoms with van der Waals surface area (Å²) in [6.07, 6.45) is 0.956. The van der Waals surface area contributed by atoms with Crippen molar-refractivity contribution >= 4 is 28.2 Å². The molecule has 116 valence electrons. The van der Waals surface area contributed by atoms with Gasteiger partial charge in [0.25, 0.3) is 0 Å². The van der Waals surface area contributed by atoms with E-state index >= 15 is 0 Å². The van der Waals surface area contributed by atoms with Gasteiger partial charge in [-0.25, -0.2) is 4.79 Å². The Morgan fingerprint density at radius 1 is 1.14 bits per heavy atom. The van der Waals surface area contributed by atoms with Crippen LogP contribution in [0.5, 0.6) is 0 Å². The van der Waals surface area contributed by atoms with Gasteiger partial charge >= 0.3 is 6.03 Å². The number of hydrogen-bond acceptors (Lipinski definition) is 5. The van der Waals surface area contributed by atoms with E-state index in [1.807, 2.05) is 30.0 Å². The third-order valence-electron chi connectivity index (χ3n) is 3.64. The number of carbonyl (C=O) groups is 1. The maximum atomic E-state index is 12.3. The molecule has 1 aliphatic heterocycles. The van der Waals surface area contributed by atoms with E-state index in [9.17, 15) is 4.79 Å². The maximum Gasteiger partial charge on any atom is 0.323 e.